The van der Waals surface area contributed by atoms with Gasteiger partial charge >= 0.3 is 0 Å². The van der Waals surface area contributed by atoms with Gasteiger partial charge in [0.15, 0.2) is 0 Å². The smallest absolute Gasteiger partial charge is 0.134 e. The van der Waals surface area contributed by atoms with E-state index >= 15 is 0 Å². The van der Waals surface area contributed by atoms with Crippen molar-refractivity contribution in [3.63, 3.8) is 0 Å². The number of benzene rings is 3. The van der Waals surface area contributed by atoms with Gasteiger partial charge in [0.1, 0.15) is 17.9 Å². The summed E-state index contributed by atoms with van der Waals surface area (Å²) >= 11 is 3.45. The molecule has 3 aromatic carbocycles. The molecule has 0 amide bonds. The molecule has 0 bridgehead atoms. The van der Waals surface area contributed by atoms with Crippen LogP contribution in [0.15, 0.2) is 65.4 Å². The van der Waals surface area contributed by atoms with Crippen LogP contribution < -0.4 is 10.5 Å². The second kappa shape index (κ2) is 6.46. The Morgan fingerprint density at radius 3 is 2.69 bits per heavy atom. The fraction of sp³-hybridized carbons (Fsp3) is 0.0500. The Bertz CT molecular complexity index is 1120. The molecule has 0 spiro atoms. The molecular weight excluding hydrogens is 397 g/mol. The number of nitrogens with zero attached hydrogens (tertiary/aromatic N) is 2. The molecule has 4 nitrogen and oxygen atoms in total. The summed E-state index contributed by atoms with van der Waals surface area (Å²) in [5.74, 6) is 0.113. The number of anilines is 1. The third-order valence-corrected chi connectivity index (χ3v) is 4.71. The predicted octanol–water partition coefficient (Wildman–Crippen LogP) is 5.18. The monoisotopic (exact) mass is 411 g/mol. The van der Waals surface area contributed by atoms with E-state index in [-0.39, 0.29) is 5.82 Å². The van der Waals surface area contributed by atoms with Crippen LogP contribution in [0.5, 0.6) is 5.75 Å². The van der Waals surface area contributed by atoms with Gasteiger partial charge in [0.05, 0.1) is 18.1 Å². The average molecular weight is 412 g/mol. The molecule has 0 unspecified atom stereocenters. The number of rotatable bonds is 3. The van der Waals surface area contributed by atoms with Crippen molar-refractivity contribution in [3.05, 3.63) is 71.2 Å². The number of hydrogen-bond acceptors (Lipinski definition) is 3. The first-order chi connectivity index (χ1) is 12.5. The summed E-state index contributed by atoms with van der Waals surface area (Å²) in [5, 5.41) is 0. The van der Waals surface area contributed by atoms with Gasteiger partial charge in [0, 0.05) is 27.5 Å². The van der Waals surface area contributed by atoms with Gasteiger partial charge in [-0.05, 0) is 54.1 Å². The zero-order valence-electron chi connectivity index (χ0n) is 13.9. The highest BCUT2D eigenvalue weighted by atomic mass is 79.9. The minimum absolute atomic E-state index is 0.361. The third kappa shape index (κ3) is 2.93. The lowest BCUT2D eigenvalue weighted by Gasteiger charge is -2.11. The molecule has 0 saturated heterocycles. The SMILES string of the molecule is COc1ccc(-c2cc(N)cc(-n3cnc4cc(Br)ccc43)c2)c(F)c1. The first-order valence-electron chi connectivity index (χ1n) is 7.92. The largest absolute Gasteiger partial charge is 0.497 e. The molecule has 0 aliphatic carbocycles. The van der Waals surface area contributed by atoms with Crippen molar-refractivity contribution in [1.82, 2.24) is 9.55 Å². The maximum absolute atomic E-state index is 14.5. The van der Waals surface area contributed by atoms with Gasteiger partial charge in [-0.15, -0.1) is 0 Å². The Kier molecular flexibility index (Phi) is 4.12. The number of aromatic nitrogens is 2. The predicted molar refractivity (Wildman–Crippen MR) is 105 cm³/mol. The molecule has 0 aliphatic heterocycles. The molecule has 4 aromatic rings. The van der Waals surface area contributed by atoms with Crippen molar-refractivity contribution < 1.29 is 9.13 Å². The zero-order chi connectivity index (χ0) is 18.3. The third-order valence-electron chi connectivity index (χ3n) is 4.21. The number of nitrogens with two attached hydrogens (primary N) is 1. The average Bonchev–Trinajstić information content (AvgIpc) is 3.04. The molecule has 0 radical (unpaired) electrons. The molecule has 2 N–H and O–H groups in total. The molecular formula is C20H15BrFN3O. The molecule has 130 valence electrons. The van der Waals surface area contributed by atoms with E-state index in [1.165, 1.54) is 13.2 Å². The van der Waals surface area contributed by atoms with Crippen molar-refractivity contribution in [2.45, 2.75) is 0 Å². The second-order valence-electron chi connectivity index (χ2n) is 5.91. The van der Waals surface area contributed by atoms with Crippen molar-refractivity contribution >= 4 is 32.7 Å². The van der Waals surface area contributed by atoms with E-state index in [1.807, 2.05) is 34.9 Å². The van der Waals surface area contributed by atoms with Crippen LogP contribution in [0.1, 0.15) is 0 Å². The van der Waals surface area contributed by atoms with Gasteiger partial charge in [0.2, 0.25) is 0 Å². The minimum atomic E-state index is -0.361. The highest BCUT2D eigenvalue weighted by Crippen LogP contribution is 2.31. The van der Waals surface area contributed by atoms with Crippen molar-refractivity contribution in [3.8, 4) is 22.6 Å². The summed E-state index contributed by atoms with van der Waals surface area (Å²) in [4.78, 5) is 4.43. The van der Waals surface area contributed by atoms with E-state index < -0.39 is 0 Å². The van der Waals surface area contributed by atoms with Crippen molar-refractivity contribution in [1.29, 1.82) is 0 Å². The molecule has 1 aromatic heterocycles. The Morgan fingerprint density at radius 1 is 1.08 bits per heavy atom. The van der Waals surface area contributed by atoms with Crippen LogP contribution in [0.4, 0.5) is 10.1 Å². The Morgan fingerprint density at radius 2 is 1.92 bits per heavy atom. The summed E-state index contributed by atoms with van der Waals surface area (Å²) in [5.41, 5.74) is 10.4. The lowest BCUT2D eigenvalue weighted by Crippen LogP contribution is -1.97. The molecule has 6 heteroatoms. The van der Waals surface area contributed by atoms with Crippen LogP contribution in [0, 0.1) is 5.82 Å². The molecule has 0 saturated carbocycles. The maximum atomic E-state index is 14.5. The fourth-order valence-electron chi connectivity index (χ4n) is 2.98. The first-order valence-corrected chi connectivity index (χ1v) is 8.72. The van der Waals surface area contributed by atoms with Gasteiger partial charge in [-0.2, -0.15) is 0 Å². The number of hydrogen-bond donors (Lipinski definition) is 1. The Labute approximate surface area is 158 Å². The van der Waals surface area contributed by atoms with Crippen LogP contribution in [0.25, 0.3) is 27.8 Å². The van der Waals surface area contributed by atoms with E-state index in [9.17, 15) is 4.39 Å². The molecule has 0 atom stereocenters. The van der Waals surface area contributed by atoms with Crippen LogP contribution in [-0.2, 0) is 0 Å². The number of methoxy groups -OCH3 is 1. The standard InChI is InChI=1S/C20H15BrFN3O/c1-26-16-3-4-17(18(22)10-16)12-6-14(23)9-15(7-12)25-11-24-19-8-13(21)2-5-20(19)25/h2-11H,23H2,1H3. The Balaban J connectivity index is 1.86. The highest BCUT2D eigenvalue weighted by Gasteiger charge is 2.11. The fourth-order valence-corrected chi connectivity index (χ4v) is 3.33. The van der Waals surface area contributed by atoms with Gasteiger partial charge in [-0.1, -0.05) is 15.9 Å². The molecule has 0 fully saturated rings. The van der Waals surface area contributed by atoms with E-state index in [2.05, 4.69) is 20.9 Å². The number of nitrogen functional groups attached to an aromatic ring is 1. The van der Waals surface area contributed by atoms with Crippen LogP contribution in [-0.4, -0.2) is 16.7 Å². The first kappa shape index (κ1) is 16.6. The summed E-state index contributed by atoms with van der Waals surface area (Å²) in [6, 6.07) is 16.1. The molecule has 1 heterocycles. The van der Waals surface area contributed by atoms with E-state index in [0.717, 1.165) is 21.2 Å². The normalized spacial score (nSPS) is 11.0. The number of imidazole rings is 1. The van der Waals surface area contributed by atoms with Gasteiger partial charge in [-0.3, -0.25) is 4.57 Å². The molecule has 26 heavy (non-hydrogen) atoms. The van der Waals surface area contributed by atoms with Crippen LogP contribution in [0.3, 0.4) is 0 Å². The lowest BCUT2D eigenvalue weighted by atomic mass is 10.0. The summed E-state index contributed by atoms with van der Waals surface area (Å²) in [6.45, 7) is 0. The lowest BCUT2D eigenvalue weighted by molar-refractivity contribution is 0.411. The quantitative estimate of drug-likeness (QED) is 0.472. The van der Waals surface area contributed by atoms with E-state index in [4.69, 9.17) is 10.5 Å². The van der Waals surface area contributed by atoms with Gasteiger partial charge in [0.25, 0.3) is 0 Å². The summed E-state index contributed by atoms with van der Waals surface area (Å²) in [6.07, 6.45) is 1.74. The Hall–Kier alpha value is -2.86. The summed E-state index contributed by atoms with van der Waals surface area (Å²) in [7, 11) is 1.51. The molecule has 4 rings (SSSR count). The number of fused-ring (bicyclic) bond motifs is 1. The van der Waals surface area contributed by atoms with Crippen molar-refractivity contribution in [2.75, 3.05) is 12.8 Å². The highest BCUT2D eigenvalue weighted by molar-refractivity contribution is 9.10. The zero-order valence-corrected chi connectivity index (χ0v) is 15.5. The topological polar surface area (TPSA) is 53.1 Å². The van der Waals surface area contributed by atoms with Crippen molar-refractivity contribution in [2.24, 2.45) is 0 Å². The van der Waals surface area contributed by atoms with Crippen LogP contribution >= 0.6 is 15.9 Å². The van der Waals surface area contributed by atoms with E-state index in [1.54, 1.807) is 24.5 Å². The van der Waals surface area contributed by atoms with Crippen LogP contribution in [0.2, 0.25) is 0 Å². The number of halogens is 2. The number of ether oxygens (including phenoxy) is 1. The maximum Gasteiger partial charge on any atom is 0.134 e. The molecule has 0 aliphatic rings. The summed E-state index contributed by atoms with van der Waals surface area (Å²) < 4.78 is 22.4. The van der Waals surface area contributed by atoms with E-state index in [0.29, 0.717) is 22.6 Å². The van der Waals surface area contributed by atoms with Gasteiger partial charge < -0.3 is 10.5 Å². The second-order valence-corrected chi connectivity index (χ2v) is 6.82. The van der Waals surface area contributed by atoms with Gasteiger partial charge in [-0.25, -0.2) is 9.37 Å². The minimum Gasteiger partial charge on any atom is -0.497 e.